The van der Waals surface area contributed by atoms with Gasteiger partial charge in [-0.3, -0.25) is 4.79 Å². The first kappa shape index (κ1) is 24.6. The summed E-state index contributed by atoms with van der Waals surface area (Å²) in [6, 6.07) is 13.5. The van der Waals surface area contributed by atoms with Gasteiger partial charge in [0.25, 0.3) is 5.91 Å². The van der Waals surface area contributed by atoms with Crippen molar-refractivity contribution < 1.29 is 22.7 Å². The molecule has 1 N–H and O–H groups in total. The van der Waals surface area contributed by atoms with Crippen LogP contribution in [0.5, 0.6) is 0 Å². The number of benzene rings is 2. The summed E-state index contributed by atoms with van der Waals surface area (Å²) in [4.78, 5) is 25.1. The van der Waals surface area contributed by atoms with Crippen LogP contribution in [0.2, 0.25) is 0 Å². The number of nitrogens with zero attached hydrogens (tertiary/aromatic N) is 3. The number of esters is 1. The lowest BCUT2D eigenvalue weighted by Gasteiger charge is -2.15. The van der Waals surface area contributed by atoms with Crippen LogP contribution in [-0.2, 0) is 19.6 Å². The molecule has 1 aliphatic rings. The Bertz CT molecular complexity index is 1360. The second kappa shape index (κ2) is 10.0. The summed E-state index contributed by atoms with van der Waals surface area (Å²) >= 11 is 0. The molecule has 35 heavy (non-hydrogen) atoms. The Balaban J connectivity index is 1.41. The summed E-state index contributed by atoms with van der Waals surface area (Å²) in [6.45, 7) is 6.05. The topological polar surface area (TPSA) is 111 Å². The first-order valence-corrected chi connectivity index (χ1v) is 12.8. The van der Waals surface area contributed by atoms with Crippen molar-refractivity contribution in [1.82, 2.24) is 14.1 Å². The van der Waals surface area contributed by atoms with Crippen molar-refractivity contribution >= 4 is 27.6 Å². The summed E-state index contributed by atoms with van der Waals surface area (Å²) < 4.78 is 33.8. The molecule has 0 aliphatic carbocycles. The van der Waals surface area contributed by atoms with E-state index in [2.05, 4.69) is 10.4 Å². The fourth-order valence-electron chi connectivity index (χ4n) is 4.01. The molecule has 2 aromatic carbocycles. The highest BCUT2D eigenvalue weighted by atomic mass is 32.2. The molecule has 1 amide bonds. The molecule has 184 valence electrons. The molecule has 1 aliphatic heterocycles. The van der Waals surface area contributed by atoms with Crippen molar-refractivity contribution in [3.05, 3.63) is 71.0 Å². The van der Waals surface area contributed by atoms with E-state index in [1.165, 1.54) is 28.6 Å². The first-order chi connectivity index (χ1) is 16.7. The molecule has 2 heterocycles. The molecule has 4 rings (SSSR count). The summed E-state index contributed by atoms with van der Waals surface area (Å²) in [5.74, 6) is -1.30. The van der Waals surface area contributed by atoms with Crippen molar-refractivity contribution in [1.29, 1.82) is 0 Å². The number of hydrogen-bond acceptors (Lipinski definition) is 6. The number of carbonyl (C=O) groups excluding carboxylic acids is 2. The predicted molar refractivity (Wildman–Crippen MR) is 131 cm³/mol. The Kier molecular flexibility index (Phi) is 7.04. The highest BCUT2D eigenvalue weighted by Gasteiger charge is 2.28. The SMILES string of the molecule is Cc1ccc(-n2nc(C)c(NC(=O)COC(=O)c3cccc(S(=O)(=O)N4CCCC4)c3)c2C)cc1. The van der Waals surface area contributed by atoms with E-state index in [0.29, 0.717) is 24.5 Å². The number of amides is 1. The van der Waals surface area contributed by atoms with Gasteiger partial charge < -0.3 is 10.1 Å². The molecule has 0 unspecified atom stereocenters. The fourth-order valence-corrected chi connectivity index (χ4v) is 5.58. The largest absolute Gasteiger partial charge is 0.452 e. The molecule has 0 bridgehead atoms. The molecular formula is C25H28N4O5S. The zero-order valence-corrected chi connectivity index (χ0v) is 20.8. The third kappa shape index (κ3) is 5.28. The molecule has 0 atom stereocenters. The third-order valence-electron chi connectivity index (χ3n) is 5.94. The zero-order valence-electron chi connectivity index (χ0n) is 19.9. The molecule has 1 saturated heterocycles. The highest BCUT2D eigenvalue weighted by Crippen LogP contribution is 2.24. The molecule has 0 saturated carbocycles. The Morgan fingerprint density at radius 2 is 1.71 bits per heavy atom. The van der Waals surface area contributed by atoms with Crippen molar-refractivity contribution in [2.75, 3.05) is 25.0 Å². The minimum absolute atomic E-state index is 0.0353. The maximum Gasteiger partial charge on any atom is 0.338 e. The number of rotatable bonds is 7. The number of aromatic nitrogens is 2. The van der Waals surface area contributed by atoms with Gasteiger partial charge >= 0.3 is 5.97 Å². The molecule has 3 aromatic rings. The summed E-state index contributed by atoms with van der Waals surface area (Å²) in [5.41, 5.74) is 3.98. The molecular weight excluding hydrogens is 468 g/mol. The summed E-state index contributed by atoms with van der Waals surface area (Å²) in [5, 5.41) is 7.26. The Morgan fingerprint density at radius 1 is 1.03 bits per heavy atom. The molecule has 0 radical (unpaired) electrons. The number of sulfonamides is 1. The van der Waals surface area contributed by atoms with Crippen LogP contribution in [-0.4, -0.2) is 54.1 Å². The number of nitrogens with one attached hydrogen (secondary N) is 1. The predicted octanol–water partition coefficient (Wildman–Crippen LogP) is 3.38. The van der Waals surface area contributed by atoms with Crippen LogP contribution in [0.4, 0.5) is 5.69 Å². The number of hydrogen-bond donors (Lipinski definition) is 1. The number of carbonyl (C=O) groups is 2. The van der Waals surface area contributed by atoms with Crippen LogP contribution in [0.3, 0.4) is 0 Å². The number of aryl methyl sites for hydroxylation is 2. The maximum atomic E-state index is 12.8. The Morgan fingerprint density at radius 3 is 2.40 bits per heavy atom. The molecule has 10 heteroatoms. The van der Waals surface area contributed by atoms with Gasteiger partial charge in [0, 0.05) is 13.1 Å². The summed E-state index contributed by atoms with van der Waals surface area (Å²) in [6.07, 6.45) is 1.64. The van der Waals surface area contributed by atoms with E-state index in [1.54, 1.807) is 11.6 Å². The van der Waals surface area contributed by atoms with Gasteiger partial charge in [-0.05, 0) is 63.9 Å². The molecule has 9 nitrogen and oxygen atoms in total. The third-order valence-corrected chi connectivity index (χ3v) is 7.84. The molecule has 1 fully saturated rings. The average Bonchev–Trinajstić information content (AvgIpc) is 3.49. The van der Waals surface area contributed by atoms with Gasteiger partial charge in [-0.15, -0.1) is 0 Å². The van der Waals surface area contributed by atoms with E-state index in [0.717, 1.165) is 29.8 Å². The van der Waals surface area contributed by atoms with Gasteiger partial charge in [-0.25, -0.2) is 17.9 Å². The Hall–Kier alpha value is -3.50. The van der Waals surface area contributed by atoms with Gasteiger partial charge in [0.1, 0.15) is 0 Å². The first-order valence-electron chi connectivity index (χ1n) is 11.4. The lowest BCUT2D eigenvalue weighted by molar-refractivity contribution is -0.119. The monoisotopic (exact) mass is 496 g/mol. The normalized spacial score (nSPS) is 14.1. The number of ether oxygens (including phenoxy) is 1. The lowest BCUT2D eigenvalue weighted by Crippen LogP contribution is -2.28. The minimum Gasteiger partial charge on any atom is -0.452 e. The Labute approximate surface area is 204 Å². The van der Waals surface area contributed by atoms with Gasteiger partial charge in [-0.2, -0.15) is 9.40 Å². The highest BCUT2D eigenvalue weighted by molar-refractivity contribution is 7.89. The van der Waals surface area contributed by atoms with Crippen LogP contribution in [0, 0.1) is 20.8 Å². The van der Waals surface area contributed by atoms with Crippen molar-refractivity contribution in [3.8, 4) is 5.69 Å². The molecule has 1 aromatic heterocycles. The van der Waals surface area contributed by atoms with Crippen LogP contribution in [0.15, 0.2) is 53.4 Å². The standard InChI is InChI=1S/C25H28N4O5S/c1-17-9-11-21(12-10-17)29-19(3)24(18(2)27-29)26-23(30)16-34-25(31)20-7-6-8-22(15-20)35(32,33)28-13-4-5-14-28/h6-12,15H,4-5,13-14,16H2,1-3H3,(H,26,30). The fraction of sp³-hybridized carbons (Fsp3) is 0.320. The number of anilines is 1. The van der Waals surface area contributed by atoms with E-state index in [1.807, 2.05) is 38.1 Å². The van der Waals surface area contributed by atoms with Gasteiger partial charge in [-0.1, -0.05) is 23.8 Å². The zero-order chi connectivity index (χ0) is 25.2. The van der Waals surface area contributed by atoms with E-state index in [-0.39, 0.29) is 10.5 Å². The van der Waals surface area contributed by atoms with Gasteiger partial charge in [0.05, 0.1) is 33.2 Å². The van der Waals surface area contributed by atoms with Crippen molar-refractivity contribution in [3.63, 3.8) is 0 Å². The quantitative estimate of drug-likeness (QED) is 0.502. The van der Waals surface area contributed by atoms with E-state index >= 15 is 0 Å². The average molecular weight is 497 g/mol. The second-order valence-electron chi connectivity index (χ2n) is 8.56. The van der Waals surface area contributed by atoms with Gasteiger partial charge in [0.2, 0.25) is 10.0 Å². The minimum atomic E-state index is -3.66. The second-order valence-corrected chi connectivity index (χ2v) is 10.5. The van der Waals surface area contributed by atoms with E-state index in [9.17, 15) is 18.0 Å². The van der Waals surface area contributed by atoms with Crippen LogP contribution >= 0.6 is 0 Å². The maximum absolute atomic E-state index is 12.8. The molecule has 0 spiro atoms. The van der Waals surface area contributed by atoms with Gasteiger partial charge in [0.15, 0.2) is 6.61 Å². The lowest BCUT2D eigenvalue weighted by atomic mass is 10.2. The van der Waals surface area contributed by atoms with Crippen LogP contribution in [0.25, 0.3) is 5.69 Å². The smallest absolute Gasteiger partial charge is 0.338 e. The van der Waals surface area contributed by atoms with E-state index < -0.39 is 28.5 Å². The van der Waals surface area contributed by atoms with Crippen molar-refractivity contribution in [2.24, 2.45) is 0 Å². The van der Waals surface area contributed by atoms with E-state index in [4.69, 9.17) is 4.74 Å². The van der Waals surface area contributed by atoms with Crippen LogP contribution in [0.1, 0.15) is 40.2 Å². The van der Waals surface area contributed by atoms with Crippen LogP contribution < -0.4 is 5.32 Å². The van der Waals surface area contributed by atoms with Crippen molar-refractivity contribution in [2.45, 2.75) is 38.5 Å². The summed E-state index contributed by atoms with van der Waals surface area (Å²) in [7, 11) is -3.66.